The first kappa shape index (κ1) is 21.5. The van der Waals surface area contributed by atoms with Crippen LogP contribution in [0.2, 0.25) is 10.0 Å². The minimum atomic E-state index is -4.18. The summed E-state index contributed by atoms with van der Waals surface area (Å²) in [7, 11) is -2.73. The zero-order chi connectivity index (χ0) is 21.2. The van der Waals surface area contributed by atoms with Crippen molar-refractivity contribution in [2.45, 2.75) is 23.7 Å². The second-order valence-corrected chi connectivity index (χ2v) is 9.00. The summed E-state index contributed by atoms with van der Waals surface area (Å²) in [6.45, 7) is 1.23. The molecule has 0 aliphatic carbocycles. The zero-order valence-electron chi connectivity index (χ0n) is 15.7. The van der Waals surface area contributed by atoms with E-state index in [1.165, 1.54) is 25.3 Å². The van der Waals surface area contributed by atoms with E-state index in [0.717, 1.165) is 5.56 Å². The molecule has 2 aromatic rings. The normalized spacial score (nSPS) is 15.2. The first-order valence-electron chi connectivity index (χ1n) is 8.88. The molecule has 1 fully saturated rings. The molecule has 29 heavy (non-hydrogen) atoms. The fraction of sp³-hybridized carbons (Fsp3) is 0.316. The molecule has 0 bridgehead atoms. The van der Waals surface area contributed by atoms with Crippen LogP contribution in [-0.4, -0.2) is 39.5 Å². The monoisotopic (exact) mass is 457 g/mol. The lowest BCUT2D eigenvalue weighted by molar-refractivity contribution is 0.301. The smallest absolute Gasteiger partial charge is 0.340 e. The van der Waals surface area contributed by atoms with Gasteiger partial charge >= 0.3 is 10.1 Å². The number of methoxy groups -OCH3 is 1. The molecular formula is C19H21Cl2N3O4S. The van der Waals surface area contributed by atoms with E-state index in [0.29, 0.717) is 36.7 Å². The maximum absolute atomic E-state index is 12.8. The van der Waals surface area contributed by atoms with Crippen molar-refractivity contribution >= 4 is 39.3 Å². The number of likely N-dealkylation sites (tertiary alicyclic amines) is 1. The number of rotatable bonds is 5. The van der Waals surface area contributed by atoms with Gasteiger partial charge in [0.25, 0.3) is 0 Å². The minimum absolute atomic E-state index is 0.00363. The van der Waals surface area contributed by atoms with Gasteiger partial charge in [0.2, 0.25) is 0 Å². The fourth-order valence-corrected chi connectivity index (χ4v) is 5.05. The van der Waals surface area contributed by atoms with E-state index in [2.05, 4.69) is 0 Å². The molecular weight excluding hydrogens is 437 g/mol. The number of hydrogen-bond donors (Lipinski definition) is 2. The molecule has 3 N–H and O–H groups in total. The molecule has 0 spiro atoms. The van der Waals surface area contributed by atoms with E-state index in [9.17, 15) is 8.42 Å². The van der Waals surface area contributed by atoms with E-state index < -0.39 is 10.1 Å². The fourth-order valence-electron chi connectivity index (χ4n) is 3.41. The van der Waals surface area contributed by atoms with Crippen LogP contribution in [0.4, 0.5) is 0 Å². The lowest BCUT2D eigenvalue weighted by Crippen LogP contribution is -2.41. The van der Waals surface area contributed by atoms with Crippen molar-refractivity contribution in [3.8, 4) is 11.5 Å². The highest BCUT2D eigenvalue weighted by Crippen LogP contribution is 2.43. The highest BCUT2D eigenvalue weighted by Gasteiger charge is 2.28. The highest BCUT2D eigenvalue weighted by atomic mass is 35.5. The van der Waals surface area contributed by atoms with Crippen LogP contribution in [0.25, 0.3) is 0 Å². The summed E-state index contributed by atoms with van der Waals surface area (Å²) in [4.78, 5) is 1.65. The number of nitrogens with zero attached hydrogens (tertiary/aromatic N) is 1. The first-order chi connectivity index (χ1) is 13.7. The predicted octanol–water partition coefficient (Wildman–Crippen LogP) is 3.84. The summed E-state index contributed by atoms with van der Waals surface area (Å²) in [6, 6.07) is 9.19. The van der Waals surface area contributed by atoms with Gasteiger partial charge in [-0.25, -0.2) is 0 Å². The number of nitrogens with two attached hydrogens (primary N) is 1. The van der Waals surface area contributed by atoms with Gasteiger partial charge in [0.15, 0.2) is 17.5 Å². The summed E-state index contributed by atoms with van der Waals surface area (Å²) in [5, 5.41) is 7.96. The molecule has 0 atom stereocenters. The SMILES string of the molecule is COc1c(OS(=O)(=O)c2ccccc2Cl)cc(Cl)cc1C1CCN(C(=N)N)CC1. The molecule has 3 rings (SSSR count). The Balaban J connectivity index is 1.95. The van der Waals surface area contributed by atoms with Crippen LogP contribution >= 0.6 is 23.2 Å². The third-order valence-electron chi connectivity index (χ3n) is 4.83. The van der Waals surface area contributed by atoms with Crippen LogP contribution in [-0.2, 0) is 10.1 Å². The third kappa shape index (κ3) is 4.71. The van der Waals surface area contributed by atoms with Crippen LogP contribution in [0.15, 0.2) is 41.3 Å². The molecule has 7 nitrogen and oxygen atoms in total. The van der Waals surface area contributed by atoms with Crippen LogP contribution < -0.4 is 14.7 Å². The molecule has 0 aromatic heterocycles. The lowest BCUT2D eigenvalue weighted by atomic mass is 9.88. The molecule has 10 heteroatoms. The average molecular weight is 458 g/mol. The molecule has 1 aliphatic heterocycles. The first-order valence-corrected chi connectivity index (χ1v) is 11.0. The molecule has 0 radical (unpaired) electrons. The van der Waals surface area contributed by atoms with Gasteiger partial charge in [-0.05, 0) is 37.0 Å². The van der Waals surface area contributed by atoms with Gasteiger partial charge in [0.05, 0.1) is 12.1 Å². The Kier molecular flexibility index (Phi) is 6.45. The van der Waals surface area contributed by atoms with Crippen LogP contribution in [0, 0.1) is 5.41 Å². The van der Waals surface area contributed by atoms with Crippen LogP contribution in [0.3, 0.4) is 0 Å². The summed E-state index contributed by atoms with van der Waals surface area (Å²) in [5.74, 6) is 0.413. The quantitative estimate of drug-likeness (QED) is 0.401. The summed E-state index contributed by atoms with van der Waals surface area (Å²) in [6.07, 6.45) is 1.43. The minimum Gasteiger partial charge on any atom is -0.492 e. The Morgan fingerprint density at radius 2 is 1.86 bits per heavy atom. The molecule has 2 aromatic carbocycles. The Bertz CT molecular complexity index is 1020. The Morgan fingerprint density at radius 1 is 1.21 bits per heavy atom. The van der Waals surface area contributed by atoms with Gasteiger partial charge in [-0.2, -0.15) is 8.42 Å². The summed E-state index contributed by atoms with van der Waals surface area (Å²) < 4.78 is 36.4. The van der Waals surface area contributed by atoms with Crippen molar-refractivity contribution < 1.29 is 17.3 Å². The van der Waals surface area contributed by atoms with Crippen molar-refractivity contribution in [3.63, 3.8) is 0 Å². The molecule has 1 aliphatic rings. The van der Waals surface area contributed by atoms with Gasteiger partial charge < -0.3 is 19.6 Å². The highest BCUT2D eigenvalue weighted by molar-refractivity contribution is 7.87. The van der Waals surface area contributed by atoms with Crippen LogP contribution in [0.5, 0.6) is 11.5 Å². The van der Waals surface area contributed by atoms with Gasteiger partial charge in [-0.3, -0.25) is 5.41 Å². The van der Waals surface area contributed by atoms with E-state index in [4.69, 9.17) is 43.3 Å². The predicted molar refractivity (Wildman–Crippen MR) is 113 cm³/mol. The topological polar surface area (TPSA) is 106 Å². The van der Waals surface area contributed by atoms with E-state index in [1.807, 2.05) is 0 Å². The number of ether oxygens (including phenoxy) is 1. The van der Waals surface area contributed by atoms with Gasteiger partial charge in [0, 0.05) is 29.7 Å². The molecule has 1 saturated heterocycles. The standard InChI is InChI=1S/C19H21Cl2N3O4S/c1-27-18-14(12-6-8-24(9-7-12)19(22)23)10-13(20)11-16(18)28-29(25,26)17-5-3-2-4-15(17)21/h2-5,10-12H,6-9H2,1H3,(H3,22,23). The third-order valence-corrected chi connectivity index (χ3v) is 6.79. The summed E-state index contributed by atoms with van der Waals surface area (Å²) >= 11 is 12.3. The number of nitrogens with one attached hydrogen (secondary N) is 1. The number of benzene rings is 2. The maximum atomic E-state index is 12.8. The zero-order valence-corrected chi connectivity index (χ0v) is 18.0. The Morgan fingerprint density at radius 3 is 2.45 bits per heavy atom. The van der Waals surface area contributed by atoms with E-state index >= 15 is 0 Å². The number of halogens is 2. The van der Waals surface area contributed by atoms with Crippen molar-refractivity contribution in [3.05, 3.63) is 52.0 Å². The largest absolute Gasteiger partial charge is 0.492 e. The number of guanidine groups is 1. The number of hydrogen-bond acceptors (Lipinski definition) is 5. The molecule has 0 saturated carbocycles. The molecule has 0 amide bonds. The Labute approximate surface area is 179 Å². The second kappa shape index (κ2) is 8.69. The van der Waals surface area contributed by atoms with Crippen molar-refractivity contribution in [1.82, 2.24) is 4.90 Å². The maximum Gasteiger partial charge on any atom is 0.340 e. The molecule has 1 heterocycles. The van der Waals surface area contributed by atoms with E-state index in [-0.39, 0.29) is 27.5 Å². The molecule has 0 unspecified atom stereocenters. The number of piperidine rings is 1. The van der Waals surface area contributed by atoms with Gasteiger partial charge in [-0.15, -0.1) is 0 Å². The van der Waals surface area contributed by atoms with Crippen LogP contribution in [0.1, 0.15) is 24.3 Å². The average Bonchev–Trinajstić information content (AvgIpc) is 2.67. The second-order valence-electron chi connectivity index (χ2n) is 6.64. The van der Waals surface area contributed by atoms with E-state index in [1.54, 1.807) is 23.1 Å². The van der Waals surface area contributed by atoms with Crippen molar-refractivity contribution in [2.24, 2.45) is 5.73 Å². The Hall–Kier alpha value is -2.16. The summed E-state index contributed by atoms with van der Waals surface area (Å²) in [5.41, 5.74) is 6.32. The lowest BCUT2D eigenvalue weighted by Gasteiger charge is -2.33. The molecule has 156 valence electrons. The van der Waals surface area contributed by atoms with Crippen molar-refractivity contribution in [1.29, 1.82) is 5.41 Å². The van der Waals surface area contributed by atoms with Crippen molar-refractivity contribution in [2.75, 3.05) is 20.2 Å². The van der Waals surface area contributed by atoms with Gasteiger partial charge in [0.1, 0.15) is 4.90 Å². The van der Waals surface area contributed by atoms with Gasteiger partial charge in [-0.1, -0.05) is 35.3 Å².